The fourth-order valence-corrected chi connectivity index (χ4v) is 3.03. The van der Waals surface area contributed by atoms with E-state index in [1.807, 2.05) is 18.2 Å². The van der Waals surface area contributed by atoms with Crippen LogP contribution in [-0.4, -0.2) is 48.7 Å². The molecule has 7 heteroatoms. The Bertz CT molecular complexity index is 720. The van der Waals surface area contributed by atoms with Gasteiger partial charge in [0.05, 0.1) is 32.0 Å². The van der Waals surface area contributed by atoms with Gasteiger partial charge in [-0.05, 0) is 30.2 Å². The Morgan fingerprint density at radius 2 is 1.93 bits per heavy atom. The predicted molar refractivity (Wildman–Crippen MR) is 124 cm³/mol. The maximum Gasteiger partial charge on any atom is 0.191 e. The maximum atomic E-state index is 5.43. The van der Waals surface area contributed by atoms with Crippen LogP contribution in [0.4, 0.5) is 0 Å². The van der Waals surface area contributed by atoms with Crippen molar-refractivity contribution < 1.29 is 4.74 Å². The van der Waals surface area contributed by atoms with Crippen LogP contribution >= 0.6 is 24.0 Å². The highest BCUT2D eigenvalue weighted by Gasteiger charge is 2.10. The number of hydrogen-bond donors (Lipinski definition) is 2. The first kappa shape index (κ1) is 22.6. The van der Waals surface area contributed by atoms with Gasteiger partial charge in [0.15, 0.2) is 5.96 Å². The molecule has 6 nitrogen and oxygen atoms in total. The summed E-state index contributed by atoms with van der Waals surface area (Å²) in [6.07, 6.45) is 1.81. The van der Waals surface area contributed by atoms with Gasteiger partial charge in [-0.3, -0.25) is 9.88 Å². The van der Waals surface area contributed by atoms with Gasteiger partial charge >= 0.3 is 0 Å². The zero-order chi connectivity index (χ0) is 18.7. The number of guanidine groups is 1. The summed E-state index contributed by atoms with van der Waals surface area (Å²) >= 11 is 0. The highest BCUT2D eigenvalue weighted by molar-refractivity contribution is 14.0. The van der Waals surface area contributed by atoms with Crippen LogP contribution in [-0.2, 0) is 24.4 Å². The van der Waals surface area contributed by atoms with Crippen molar-refractivity contribution in [2.24, 2.45) is 4.99 Å². The molecule has 152 valence electrons. The number of hydrogen-bond acceptors (Lipinski definition) is 4. The third-order valence-corrected chi connectivity index (χ3v) is 4.43. The monoisotopic (exact) mass is 495 g/mol. The summed E-state index contributed by atoms with van der Waals surface area (Å²) in [5, 5.41) is 6.63. The molecule has 2 aromatic rings. The summed E-state index contributed by atoms with van der Waals surface area (Å²) in [6.45, 7) is 8.84. The van der Waals surface area contributed by atoms with E-state index >= 15 is 0 Å². The van der Waals surface area contributed by atoms with Gasteiger partial charge in [-0.1, -0.05) is 30.3 Å². The summed E-state index contributed by atoms with van der Waals surface area (Å²) in [7, 11) is 0. The van der Waals surface area contributed by atoms with E-state index in [9.17, 15) is 0 Å². The fraction of sp³-hybridized carbons (Fsp3) is 0.429. The van der Waals surface area contributed by atoms with Crippen LogP contribution < -0.4 is 10.6 Å². The Morgan fingerprint density at radius 3 is 2.68 bits per heavy atom. The maximum absolute atomic E-state index is 5.43. The van der Waals surface area contributed by atoms with Gasteiger partial charge in [0.2, 0.25) is 0 Å². The molecule has 0 radical (unpaired) electrons. The average molecular weight is 495 g/mol. The van der Waals surface area contributed by atoms with Crippen LogP contribution in [0.1, 0.15) is 23.7 Å². The van der Waals surface area contributed by atoms with Gasteiger partial charge in [-0.25, -0.2) is 4.99 Å². The third-order valence-electron chi connectivity index (χ3n) is 4.43. The van der Waals surface area contributed by atoms with Crippen LogP contribution in [0.15, 0.2) is 53.7 Å². The zero-order valence-corrected chi connectivity index (χ0v) is 18.8. The lowest BCUT2D eigenvalue weighted by molar-refractivity contribution is 0.0342. The van der Waals surface area contributed by atoms with E-state index in [0.717, 1.165) is 51.0 Å². The fourth-order valence-electron chi connectivity index (χ4n) is 3.03. The number of pyridine rings is 1. The van der Waals surface area contributed by atoms with Crippen molar-refractivity contribution in [1.82, 2.24) is 20.5 Å². The Kier molecular flexibility index (Phi) is 10.2. The molecule has 28 heavy (non-hydrogen) atoms. The van der Waals surface area contributed by atoms with Crippen LogP contribution in [0.5, 0.6) is 0 Å². The van der Waals surface area contributed by atoms with E-state index < -0.39 is 0 Å². The summed E-state index contributed by atoms with van der Waals surface area (Å²) in [4.78, 5) is 11.5. The van der Waals surface area contributed by atoms with Crippen LogP contribution in [0.25, 0.3) is 0 Å². The van der Waals surface area contributed by atoms with E-state index in [4.69, 9.17) is 9.73 Å². The quantitative estimate of drug-likeness (QED) is 0.352. The summed E-state index contributed by atoms with van der Waals surface area (Å²) in [6, 6.07) is 14.6. The highest BCUT2D eigenvalue weighted by Crippen LogP contribution is 2.11. The van der Waals surface area contributed by atoms with E-state index in [2.05, 4.69) is 51.7 Å². The van der Waals surface area contributed by atoms with Crippen LogP contribution in [0.2, 0.25) is 0 Å². The number of halogens is 1. The molecule has 0 spiro atoms. The molecule has 0 atom stereocenters. The second kappa shape index (κ2) is 12.7. The third kappa shape index (κ3) is 7.73. The van der Waals surface area contributed by atoms with E-state index in [1.165, 1.54) is 11.1 Å². The number of ether oxygens (including phenoxy) is 1. The van der Waals surface area contributed by atoms with Gasteiger partial charge in [-0.15, -0.1) is 24.0 Å². The minimum atomic E-state index is 0. The summed E-state index contributed by atoms with van der Waals surface area (Å²) < 4.78 is 5.43. The molecule has 1 aliphatic rings. The molecule has 0 unspecified atom stereocenters. The molecule has 0 saturated carbocycles. The topological polar surface area (TPSA) is 61.8 Å². The molecular formula is C21H30IN5O. The molecule has 2 heterocycles. The molecule has 1 saturated heterocycles. The van der Waals surface area contributed by atoms with E-state index in [1.54, 1.807) is 6.20 Å². The Labute approximate surface area is 184 Å². The molecule has 1 aromatic carbocycles. The van der Waals surface area contributed by atoms with Crippen molar-refractivity contribution in [2.75, 3.05) is 32.8 Å². The number of nitrogens with zero attached hydrogens (tertiary/aromatic N) is 3. The molecule has 0 bridgehead atoms. The molecule has 1 aliphatic heterocycles. The number of morpholine rings is 1. The van der Waals surface area contributed by atoms with Crippen LogP contribution in [0, 0.1) is 0 Å². The van der Waals surface area contributed by atoms with Gasteiger partial charge < -0.3 is 15.4 Å². The van der Waals surface area contributed by atoms with Crippen molar-refractivity contribution in [2.45, 2.75) is 26.6 Å². The first-order valence-corrected chi connectivity index (χ1v) is 9.63. The molecule has 1 aromatic heterocycles. The molecule has 0 aliphatic carbocycles. The lowest BCUT2D eigenvalue weighted by Crippen LogP contribution is -2.37. The molecule has 0 amide bonds. The minimum absolute atomic E-state index is 0. The Balaban J connectivity index is 0.00000280. The van der Waals surface area contributed by atoms with Crippen molar-refractivity contribution in [1.29, 1.82) is 0 Å². The minimum Gasteiger partial charge on any atom is -0.379 e. The number of rotatable bonds is 7. The lowest BCUT2D eigenvalue weighted by atomic mass is 10.1. The number of benzene rings is 1. The predicted octanol–water partition coefficient (Wildman–Crippen LogP) is 2.79. The standard InChI is InChI=1S/C21H29N5O.HI/c1-2-22-21(25-16-20-8-3-4-9-23-20)24-15-18-6-5-7-19(14-18)17-26-10-12-27-13-11-26;/h3-9,14H,2,10-13,15-17H2,1H3,(H2,22,24,25);1H. The Hall–Kier alpha value is -1.71. The largest absolute Gasteiger partial charge is 0.379 e. The van der Waals surface area contributed by atoms with Crippen molar-refractivity contribution in [3.05, 3.63) is 65.5 Å². The summed E-state index contributed by atoms with van der Waals surface area (Å²) in [5.74, 6) is 0.807. The SMILES string of the molecule is CCNC(=NCc1cccc(CN2CCOCC2)c1)NCc1ccccn1.I. The van der Waals surface area contributed by atoms with E-state index in [0.29, 0.717) is 13.1 Å². The smallest absolute Gasteiger partial charge is 0.191 e. The zero-order valence-electron chi connectivity index (χ0n) is 16.4. The van der Waals surface area contributed by atoms with Crippen molar-refractivity contribution in [3.63, 3.8) is 0 Å². The molecule has 2 N–H and O–H groups in total. The van der Waals surface area contributed by atoms with Gasteiger partial charge in [-0.2, -0.15) is 0 Å². The normalized spacial score (nSPS) is 15.0. The second-order valence-corrected chi connectivity index (χ2v) is 6.58. The second-order valence-electron chi connectivity index (χ2n) is 6.58. The number of aliphatic imine (C=N–C) groups is 1. The van der Waals surface area contributed by atoms with Crippen molar-refractivity contribution >= 4 is 29.9 Å². The molecule has 1 fully saturated rings. The number of nitrogens with one attached hydrogen (secondary N) is 2. The van der Waals surface area contributed by atoms with E-state index in [-0.39, 0.29) is 24.0 Å². The first-order valence-electron chi connectivity index (χ1n) is 9.63. The van der Waals surface area contributed by atoms with Gasteiger partial charge in [0.1, 0.15) is 0 Å². The highest BCUT2D eigenvalue weighted by atomic mass is 127. The van der Waals surface area contributed by atoms with Crippen molar-refractivity contribution in [3.8, 4) is 0 Å². The Morgan fingerprint density at radius 1 is 1.11 bits per heavy atom. The molecule has 3 rings (SSSR count). The summed E-state index contributed by atoms with van der Waals surface area (Å²) in [5.41, 5.74) is 3.54. The van der Waals surface area contributed by atoms with Gasteiger partial charge in [0.25, 0.3) is 0 Å². The average Bonchev–Trinajstić information content (AvgIpc) is 2.72. The first-order chi connectivity index (χ1) is 13.3. The van der Waals surface area contributed by atoms with Gasteiger partial charge in [0, 0.05) is 32.4 Å². The number of aromatic nitrogens is 1. The van der Waals surface area contributed by atoms with Crippen LogP contribution in [0.3, 0.4) is 0 Å². The lowest BCUT2D eigenvalue weighted by Gasteiger charge is -2.26. The molecular weight excluding hydrogens is 465 g/mol.